The van der Waals surface area contributed by atoms with Crippen LogP contribution in [0.25, 0.3) is 0 Å². The fourth-order valence-electron chi connectivity index (χ4n) is 2.08. The van der Waals surface area contributed by atoms with Crippen LogP contribution in [0.4, 0.5) is 0 Å². The number of benzene rings is 1. The smallest absolute Gasteiger partial charge is 0.338 e. The second kappa shape index (κ2) is 6.71. The molecule has 0 aliphatic heterocycles. The van der Waals surface area contributed by atoms with Crippen LogP contribution >= 0.6 is 0 Å². The minimum atomic E-state index is -0.321. The van der Waals surface area contributed by atoms with Gasteiger partial charge in [-0.05, 0) is 29.8 Å². The molecular weight excluding hydrogens is 280 g/mol. The van der Waals surface area contributed by atoms with Crippen LogP contribution in [0.5, 0.6) is 0 Å². The molecule has 6 heteroatoms. The van der Waals surface area contributed by atoms with E-state index in [1.54, 1.807) is 29.2 Å². The van der Waals surface area contributed by atoms with Crippen molar-refractivity contribution in [3.05, 3.63) is 72.3 Å². The largest absolute Gasteiger partial charge is 0.460 e. The third kappa shape index (κ3) is 3.60. The fourth-order valence-corrected chi connectivity index (χ4v) is 2.08. The van der Waals surface area contributed by atoms with Gasteiger partial charge >= 0.3 is 5.97 Å². The Kier molecular flexibility index (Phi) is 4.29. The van der Waals surface area contributed by atoms with Crippen molar-refractivity contribution in [1.29, 1.82) is 0 Å². The molecule has 22 heavy (non-hydrogen) atoms. The molecule has 0 atom stereocenters. The number of carbonyl (C=O) groups is 1. The SMILES string of the molecule is O=C(OCCn1cccn1)c1ccc(Cn2cccn2)cc1. The lowest BCUT2D eigenvalue weighted by Gasteiger charge is -2.06. The fraction of sp³-hybridized carbons (Fsp3) is 0.188. The number of hydrogen-bond donors (Lipinski definition) is 0. The third-order valence-electron chi connectivity index (χ3n) is 3.21. The molecule has 0 aliphatic carbocycles. The lowest BCUT2D eigenvalue weighted by molar-refractivity contribution is 0.0487. The van der Waals surface area contributed by atoms with Gasteiger partial charge in [-0.1, -0.05) is 12.1 Å². The van der Waals surface area contributed by atoms with Crippen molar-refractivity contribution in [2.24, 2.45) is 0 Å². The van der Waals surface area contributed by atoms with Crippen LogP contribution in [0.15, 0.2) is 61.2 Å². The molecule has 0 saturated heterocycles. The Bertz CT molecular complexity index is 703. The van der Waals surface area contributed by atoms with Crippen molar-refractivity contribution in [3.8, 4) is 0 Å². The molecule has 0 unspecified atom stereocenters. The molecule has 0 bridgehead atoms. The van der Waals surface area contributed by atoms with Gasteiger partial charge in [0.15, 0.2) is 0 Å². The number of nitrogens with zero attached hydrogens (tertiary/aromatic N) is 4. The van der Waals surface area contributed by atoms with Gasteiger partial charge in [-0.25, -0.2) is 4.79 Å². The highest BCUT2D eigenvalue weighted by atomic mass is 16.5. The van der Waals surface area contributed by atoms with Crippen LogP contribution in [-0.2, 0) is 17.8 Å². The van der Waals surface area contributed by atoms with E-state index in [9.17, 15) is 4.79 Å². The molecule has 1 aromatic carbocycles. The van der Waals surface area contributed by atoms with E-state index in [0.29, 0.717) is 25.3 Å². The minimum absolute atomic E-state index is 0.301. The zero-order valence-electron chi connectivity index (χ0n) is 12.0. The van der Waals surface area contributed by atoms with E-state index in [0.717, 1.165) is 5.56 Å². The van der Waals surface area contributed by atoms with Gasteiger partial charge < -0.3 is 4.74 Å². The number of esters is 1. The molecule has 6 nitrogen and oxygen atoms in total. The minimum Gasteiger partial charge on any atom is -0.460 e. The lowest BCUT2D eigenvalue weighted by atomic mass is 10.1. The molecular formula is C16H16N4O2. The van der Waals surface area contributed by atoms with Gasteiger partial charge in [0.25, 0.3) is 0 Å². The standard InChI is InChI=1S/C16H16N4O2/c21-16(22-12-11-19-9-1-7-17-19)15-5-3-14(4-6-15)13-20-10-2-8-18-20/h1-10H,11-13H2. The highest BCUT2D eigenvalue weighted by Gasteiger charge is 2.07. The summed E-state index contributed by atoms with van der Waals surface area (Å²) in [5.74, 6) is -0.321. The Balaban J connectivity index is 1.52. The van der Waals surface area contributed by atoms with Crippen LogP contribution in [0, 0.1) is 0 Å². The molecule has 0 aliphatic rings. The summed E-state index contributed by atoms with van der Waals surface area (Å²) in [7, 11) is 0. The van der Waals surface area contributed by atoms with E-state index in [4.69, 9.17) is 4.74 Å². The Morgan fingerprint density at radius 3 is 2.32 bits per heavy atom. The van der Waals surface area contributed by atoms with Crippen molar-refractivity contribution in [2.75, 3.05) is 6.61 Å². The van der Waals surface area contributed by atoms with Crippen molar-refractivity contribution < 1.29 is 9.53 Å². The summed E-state index contributed by atoms with van der Waals surface area (Å²) in [6.45, 7) is 1.54. The van der Waals surface area contributed by atoms with Crippen molar-refractivity contribution in [3.63, 3.8) is 0 Å². The van der Waals surface area contributed by atoms with Gasteiger partial charge in [0.1, 0.15) is 6.61 Å². The molecule has 0 spiro atoms. The van der Waals surface area contributed by atoms with Gasteiger partial charge in [0.2, 0.25) is 0 Å². The molecule has 0 amide bonds. The predicted octanol–water partition coefficient (Wildman–Crippen LogP) is 1.98. The Labute approximate surface area is 127 Å². The van der Waals surface area contributed by atoms with Crippen LogP contribution < -0.4 is 0 Å². The van der Waals surface area contributed by atoms with E-state index >= 15 is 0 Å². The first-order valence-electron chi connectivity index (χ1n) is 7.02. The molecule has 2 aromatic heterocycles. The average Bonchev–Trinajstić information content (AvgIpc) is 3.21. The first-order chi connectivity index (χ1) is 10.8. The van der Waals surface area contributed by atoms with Crippen molar-refractivity contribution in [2.45, 2.75) is 13.1 Å². The number of ether oxygens (including phenoxy) is 1. The van der Waals surface area contributed by atoms with Crippen LogP contribution in [0.1, 0.15) is 15.9 Å². The van der Waals surface area contributed by atoms with Gasteiger partial charge in [-0.3, -0.25) is 9.36 Å². The second-order valence-electron chi connectivity index (χ2n) is 4.81. The van der Waals surface area contributed by atoms with E-state index in [1.165, 1.54) is 0 Å². The molecule has 0 radical (unpaired) electrons. The summed E-state index contributed by atoms with van der Waals surface area (Å²) in [5, 5.41) is 8.20. The van der Waals surface area contributed by atoms with E-state index in [-0.39, 0.29) is 5.97 Å². The zero-order chi connectivity index (χ0) is 15.2. The summed E-state index contributed by atoms with van der Waals surface area (Å²) in [4.78, 5) is 11.9. The van der Waals surface area contributed by atoms with Crippen molar-refractivity contribution in [1.82, 2.24) is 19.6 Å². The lowest BCUT2D eigenvalue weighted by Crippen LogP contribution is -2.12. The van der Waals surface area contributed by atoms with Crippen molar-refractivity contribution >= 4 is 5.97 Å². The number of aromatic nitrogens is 4. The predicted molar refractivity (Wildman–Crippen MR) is 80.3 cm³/mol. The number of rotatable bonds is 6. The Hall–Kier alpha value is -2.89. The average molecular weight is 296 g/mol. The molecule has 3 aromatic rings. The van der Waals surface area contributed by atoms with Gasteiger partial charge in [0, 0.05) is 24.8 Å². The Morgan fingerprint density at radius 1 is 1.00 bits per heavy atom. The van der Waals surface area contributed by atoms with Crippen LogP contribution in [0.2, 0.25) is 0 Å². The summed E-state index contributed by atoms with van der Waals surface area (Å²) in [6, 6.07) is 11.1. The maximum absolute atomic E-state index is 11.9. The quantitative estimate of drug-likeness (QED) is 0.653. The highest BCUT2D eigenvalue weighted by molar-refractivity contribution is 5.89. The van der Waals surface area contributed by atoms with Crippen LogP contribution in [0.3, 0.4) is 0 Å². The third-order valence-corrected chi connectivity index (χ3v) is 3.21. The van der Waals surface area contributed by atoms with Gasteiger partial charge in [-0.2, -0.15) is 10.2 Å². The summed E-state index contributed by atoms with van der Waals surface area (Å²) < 4.78 is 8.78. The molecule has 3 rings (SSSR count). The maximum atomic E-state index is 11.9. The molecule has 0 N–H and O–H groups in total. The topological polar surface area (TPSA) is 61.9 Å². The second-order valence-corrected chi connectivity index (χ2v) is 4.81. The molecule has 112 valence electrons. The Morgan fingerprint density at radius 2 is 1.68 bits per heavy atom. The summed E-state index contributed by atoms with van der Waals surface area (Å²) in [6.07, 6.45) is 7.17. The molecule has 0 saturated carbocycles. The van der Waals surface area contributed by atoms with E-state index < -0.39 is 0 Å². The van der Waals surface area contributed by atoms with Gasteiger partial charge in [0.05, 0.1) is 18.7 Å². The first kappa shape index (κ1) is 14.1. The summed E-state index contributed by atoms with van der Waals surface area (Å²) in [5.41, 5.74) is 1.63. The zero-order valence-corrected chi connectivity index (χ0v) is 12.0. The summed E-state index contributed by atoms with van der Waals surface area (Å²) >= 11 is 0. The normalized spacial score (nSPS) is 10.5. The number of carbonyl (C=O) groups excluding carboxylic acids is 1. The maximum Gasteiger partial charge on any atom is 0.338 e. The van der Waals surface area contributed by atoms with E-state index in [2.05, 4.69) is 10.2 Å². The molecule has 0 fully saturated rings. The van der Waals surface area contributed by atoms with Gasteiger partial charge in [-0.15, -0.1) is 0 Å². The first-order valence-corrected chi connectivity index (χ1v) is 7.02. The molecule has 2 heterocycles. The van der Waals surface area contributed by atoms with E-state index in [1.807, 2.05) is 41.3 Å². The monoisotopic (exact) mass is 296 g/mol. The highest BCUT2D eigenvalue weighted by Crippen LogP contribution is 2.07. The van der Waals surface area contributed by atoms with Crippen LogP contribution in [-0.4, -0.2) is 32.1 Å². The number of hydrogen-bond acceptors (Lipinski definition) is 4.